The Morgan fingerprint density at radius 1 is 1.13 bits per heavy atom. The molecule has 1 aliphatic heterocycles. The Labute approximate surface area is 258 Å². The van der Waals surface area contributed by atoms with E-state index in [0.29, 0.717) is 42.3 Å². The van der Waals surface area contributed by atoms with Gasteiger partial charge in [-0.15, -0.1) is 0 Å². The van der Waals surface area contributed by atoms with E-state index in [9.17, 15) is 18.7 Å². The number of benzene rings is 1. The van der Waals surface area contributed by atoms with Crippen LogP contribution in [-0.2, 0) is 34.4 Å². The van der Waals surface area contributed by atoms with Gasteiger partial charge >= 0.3 is 0 Å². The number of aliphatic hydroxyl groups excluding tert-OH is 1. The Hall–Kier alpha value is -4.43. The van der Waals surface area contributed by atoms with Gasteiger partial charge in [0.1, 0.15) is 11.9 Å². The van der Waals surface area contributed by atoms with Crippen molar-refractivity contribution in [2.24, 2.45) is 13.0 Å². The monoisotopic (exact) mass is 617 g/mol. The molecule has 0 bridgehead atoms. The first-order valence-corrected chi connectivity index (χ1v) is 14.6. The maximum absolute atomic E-state index is 14.1. The highest BCUT2D eigenvalue weighted by molar-refractivity contribution is 5.85. The molecule has 234 valence electrons. The molecule has 5 aromatic rings. The summed E-state index contributed by atoms with van der Waals surface area (Å²) in [5.41, 5.74) is 5.23. The lowest BCUT2D eigenvalue weighted by Gasteiger charge is -2.17. The van der Waals surface area contributed by atoms with Crippen molar-refractivity contribution in [2.75, 3.05) is 26.8 Å². The Balaban J connectivity index is 1.32. The molecule has 5 heterocycles. The third-order valence-corrected chi connectivity index (χ3v) is 8.10. The van der Waals surface area contributed by atoms with Gasteiger partial charge in [0.25, 0.3) is 0 Å². The van der Waals surface area contributed by atoms with Gasteiger partial charge in [0.15, 0.2) is 11.5 Å². The number of aromatic nitrogens is 6. The normalized spacial score (nSPS) is 17.0. The minimum Gasteiger partial charge on any atom is -0.390 e. The van der Waals surface area contributed by atoms with E-state index in [1.807, 2.05) is 43.3 Å². The van der Waals surface area contributed by atoms with Crippen LogP contribution in [0.2, 0.25) is 0 Å². The number of Topliss-reactive ketones (excluding diaryl/α,β-unsaturated/α-hetero) is 1. The van der Waals surface area contributed by atoms with E-state index in [1.54, 1.807) is 34.8 Å². The van der Waals surface area contributed by atoms with Crippen LogP contribution in [0.3, 0.4) is 0 Å². The van der Waals surface area contributed by atoms with Gasteiger partial charge in [-0.05, 0) is 36.8 Å². The number of pyridine rings is 2. The summed E-state index contributed by atoms with van der Waals surface area (Å²) in [6.07, 6.45) is 2.49. The number of ketones is 1. The van der Waals surface area contributed by atoms with E-state index in [2.05, 4.69) is 15.1 Å². The van der Waals surface area contributed by atoms with Gasteiger partial charge in [0.2, 0.25) is 5.95 Å². The van der Waals surface area contributed by atoms with E-state index in [-0.39, 0.29) is 31.1 Å². The van der Waals surface area contributed by atoms with Gasteiger partial charge in [-0.3, -0.25) is 14.3 Å². The molecule has 2 atom stereocenters. The van der Waals surface area contributed by atoms with E-state index in [0.717, 1.165) is 34.0 Å². The van der Waals surface area contributed by atoms with Crippen molar-refractivity contribution in [2.45, 2.75) is 32.5 Å². The summed E-state index contributed by atoms with van der Waals surface area (Å²) in [5, 5.41) is 21.5. The molecular formula is C32H33F2N7O4. The first kappa shape index (κ1) is 30.6. The first-order chi connectivity index (χ1) is 21.8. The standard InChI is InChI=1S/C32H33F2N7O4/c1-19-28(14-24(43)11-22-17-40(9-10-44-3)45-30(22)21-13-26(33)31(34)35-16-21)41(23-7-5-4-6-8-23)38-29(19)20-12-25-27(18-42)37-39(2)32(25)36-15-20/h4-8,12-13,15-16,22,30,42H,9-11,14,17-18H2,1-3H3/t22-,30+/m1/s1. The van der Waals surface area contributed by atoms with Gasteiger partial charge in [-0.1, -0.05) is 18.2 Å². The number of hydroxylamine groups is 2. The second kappa shape index (κ2) is 12.9. The number of halogens is 2. The van der Waals surface area contributed by atoms with E-state index in [1.165, 1.54) is 6.20 Å². The molecule has 11 nitrogen and oxygen atoms in total. The van der Waals surface area contributed by atoms with Crippen LogP contribution >= 0.6 is 0 Å². The predicted octanol–water partition coefficient (Wildman–Crippen LogP) is 4.05. The number of aliphatic hydroxyl groups is 1. The SMILES string of the molecule is COCCN1C[C@@H](CC(=O)Cc2c(C)c(-c3cnc4c(c3)c(CO)nn4C)nn2-c2ccccc2)[C@H](c2cnc(F)c(F)c2)O1. The molecule has 4 aromatic heterocycles. The van der Waals surface area contributed by atoms with Crippen molar-refractivity contribution >= 4 is 16.8 Å². The first-order valence-electron chi connectivity index (χ1n) is 14.6. The average Bonchev–Trinajstić information content (AvgIpc) is 3.70. The summed E-state index contributed by atoms with van der Waals surface area (Å²) < 4.78 is 36.3. The highest BCUT2D eigenvalue weighted by Gasteiger charge is 2.37. The van der Waals surface area contributed by atoms with Crippen LogP contribution in [-0.4, -0.2) is 72.3 Å². The minimum absolute atomic E-state index is 0.0622. The lowest BCUT2D eigenvalue weighted by molar-refractivity contribution is -0.155. The molecule has 0 spiro atoms. The van der Waals surface area contributed by atoms with Crippen molar-refractivity contribution in [1.29, 1.82) is 0 Å². The second-order valence-corrected chi connectivity index (χ2v) is 11.1. The lowest BCUT2D eigenvalue weighted by Crippen LogP contribution is -2.24. The molecule has 1 aliphatic rings. The van der Waals surface area contributed by atoms with Crippen LogP contribution in [0.25, 0.3) is 28.0 Å². The van der Waals surface area contributed by atoms with Crippen molar-refractivity contribution in [3.63, 3.8) is 0 Å². The number of hydrogen-bond acceptors (Lipinski definition) is 9. The summed E-state index contributed by atoms with van der Waals surface area (Å²) in [6, 6.07) is 12.5. The van der Waals surface area contributed by atoms with Crippen LogP contribution < -0.4 is 0 Å². The molecule has 0 radical (unpaired) electrons. The molecule has 1 aromatic carbocycles. The molecule has 0 saturated carbocycles. The number of fused-ring (bicyclic) bond motifs is 1. The van der Waals surface area contributed by atoms with Gasteiger partial charge in [0, 0.05) is 74.9 Å². The van der Waals surface area contributed by atoms with Crippen molar-refractivity contribution < 1.29 is 28.3 Å². The minimum atomic E-state index is -1.19. The van der Waals surface area contributed by atoms with Crippen molar-refractivity contribution in [3.05, 3.63) is 89.1 Å². The number of carbonyl (C=O) groups excluding carboxylic acids is 1. The Bertz CT molecular complexity index is 1840. The molecule has 45 heavy (non-hydrogen) atoms. The zero-order chi connectivity index (χ0) is 31.7. The van der Waals surface area contributed by atoms with Gasteiger partial charge in [-0.2, -0.15) is 19.7 Å². The summed E-state index contributed by atoms with van der Waals surface area (Å²) in [6.45, 7) is 2.96. The third-order valence-electron chi connectivity index (χ3n) is 8.10. The van der Waals surface area contributed by atoms with E-state index in [4.69, 9.17) is 14.7 Å². The maximum atomic E-state index is 14.1. The van der Waals surface area contributed by atoms with Crippen LogP contribution in [0.5, 0.6) is 0 Å². The predicted molar refractivity (Wildman–Crippen MR) is 160 cm³/mol. The maximum Gasteiger partial charge on any atom is 0.248 e. The fourth-order valence-electron chi connectivity index (χ4n) is 5.88. The lowest BCUT2D eigenvalue weighted by atomic mass is 9.91. The number of ether oxygens (including phenoxy) is 1. The van der Waals surface area contributed by atoms with E-state index >= 15 is 0 Å². The van der Waals surface area contributed by atoms with Crippen LogP contribution in [0.1, 0.15) is 35.0 Å². The van der Waals surface area contributed by atoms with Crippen LogP contribution in [0.4, 0.5) is 8.78 Å². The molecule has 1 saturated heterocycles. The third kappa shape index (κ3) is 6.12. The van der Waals surface area contributed by atoms with Crippen molar-refractivity contribution in [3.8, 4) is 16.9 Å². The summed E-state index contributed by atoms with van der Waals surface area (Å²) >= 11 is 0. The molecular weight excluding hydrogens is 584 g/mol. The number of aryl methyl sites for hydroxylation is 1. The highest BCUT2D eigenvalue weighted by atomic mass is 19.2. The van der Waals surface area contributed by atoms with Gasteiger partial charge in [-0.25, -0.2) is 19.0 Å². The molecule has 1 N–H and O–H groups in total. The summed E-state index contributed by atoms with van der Waals surface area (Å²) in [4.78, 5) is 28.0. The fourth-order valence-corrected chi connectivity index (χ4v) is 5.88. The summed E-state index contributed by atoms with van der Waals surface area (Å²) in [5.74, 6) is -2.65. The quantitative estimate of drug-likeness (QED) is 0.219. The average molecular weight is 618 g/mol. The number of hydrogen-bond donors (Lipinski definition) is 1. The highest BCUT2D eigenvalue weighted by Crippen LogP contribution is 2.37. The Morgan fingerprint density at radius 2 is 1.93 bits per heavy atom. The topological polar surface area (TPSA) is 120 Å². The fraction of sp³-hybridized carbons (Fsp3) is 0.344. The van der Waals surface area contributed by atoms with Gasteiger partial charge in [0.05, 0.1) is 36.0 Å². The van der Waals surface area contributed by atoms with Crippen LogP contribution in [0, 0.1) is 24.6 Å². The van der Waals surface area contributed by atoms with Gasteiger partial charge < -0.3 is 9.84 Å². The molecule has 6 rings (SSSR count). The molecule has 13 heteroatoms. The molecule has 0 aliphatic carbocycles. The number of carbonyl (C=O) groups is 1. The Kier molecular flexibility index (Phi) is 8.76. The smallest absolute Gasteiger partial charge is 0.248 e. The van der Waals surface area contributed by atoms with Crippen LogP contribution in [0.15, 0.2) is 54.9 Å². The zero-order valence-electron chi connectivity index (χ0n) is 25.2. The number of methoxy groups -OCH3 is 1. The zero-order valence-corrected chi connectivity index (χ0v) is 25.2. The molecule has 1 fully saturated rings. The largest absolute Gasteiger partial charge is 0.390 e. The number of rotatable bonds is 11. The Morgan fingerprint density at radius 3 is 2.67 bits per heavy atom. The number of nitrogens with zero attached hydrogens (tertiary/aromatic N) is 7. The molecule has 0 amide bonds. The summed E-state index contributed by atoms with van der Waals surface area (Å²) in [7, 11) is 3.35. The second-order valence-electron chi connectivity index (χ2n) is 11.1. The van der Waals surface area contributed by atoms with Crippen molar-refractivity contribution in [1.82, 2.24) is 34.6 Å². The number of para-hydroxylation sites is 1. The van der Waals surface area contributed by atoms with E-state index < -0.39 is 17.9 Å². The molecule has 0 unspecified atom stereocenters.